The van der Waals surface area contributed by atoms with Gasteiger partial charge >= 0.3 is 0 Å². The van der Waals surface area contributed by atoms with Gasteiger partial charge in [-0.1, -0.05) is 24.3 Å². The average Bonchev–Trinajstić information content (AvgIpc) is 2.29. The van der Waals surface area contributed by atoms with E-state index >= 15 is 0 Å². The quantitative estimate of drug-likeness (QED) is 0.650. The molecule has 0 bridgehead atoms. The van der Waals surface area contributed by atoms with Gasteiger partial charge in [0.15, 0.2) is 0 Å². The Balaban J connectivity index is 0.00000144. The second-order valence-corrected chi connectivity index (χ2v) is 3.53. The Morgan fingerprint density at radius 1 is 0.941 bits per heavy atom. The Morgan fingerprint density at radius 3 is 2.29 bits per heavy atom. The number of benzene rings is 2. The molecule has 0 saturated carbocycles. The summed E-state index contributed by atoms with van der Waals surface area (Å²) in [6, 6.07) is 14.7. The number of rotatable bonds is 2. The summed E-state index contributed by atoms with van der Waals surface area (Å²) in [7, 11) is 0. The van der Waals surface area contributed by atoms with Crippen molar-refractivity contribution in [2.24, 2.45) is 10.2 Å². The van der Waals surface area contributed by atoms with Crippen molar-refractivity contribution in [3.05, 3.63) is 54.1 Å². The zero-order chi connectivity index (χ0) is 11.4. The van der Waals surface area contributed by atoms with Gasteiger partial charge in [-0.3, -0.25) is 0 Å². The fourth-order valence-corrected chi connectivity index (χ4v) is 1.32. The van der Waals surface area contributed by atoms with E-state index in [-0.39, 0.29) is 22.8 Å². The Hall–Kier alpha value is -1.64. The number of azo groups is 1. The van der Waals surface area contributed by atoms with E-state index in [4.69, 9.17) is 0 Å². The molecule has 17 heavy (non-hydrogen) atoms. The molecule has 0 fully saturated rings. The van der Waals surface area contributed by atoms with Crippen molar-refractivity contribution >= 4 is 11.4 Å². The molecule has 0 aliphatic carbocycles. The van der Waals surface area contributed by atoms with Gasteiger partial charge in [0, 0.05) is 17.1 Å². The molecule has 0 amide bonds. The molecule has 0 atom stereocenters. The Kier molecular flexibility index (Phi) is 4.88. The Morgan fingerprint density at radius 2 is 1.65 bits per heavy atom. The topological polar surface area (TPSA) is 45.0 Å². The fraction of sp³-hybridized carbons (Fsp3) is 0.0769. The van der Waals surface area contributed by atoms with Gasteiger partial charge in [0.2, 0.25) is 0 Å². The monoisotopic (exact) mass is 275 g/mol. The normalized spacial score (nSPS) is 10.2. The molecule has 0 spiro atoms. The molecule has 0 aliphatic heterocycles. The van der Waals surface area contributed by atoms with Crippen LogP contribution in [0.2, 0.25) is 0 Å². The number of hydrogen-bond donors (Lipinski definition) is 1. The third-order valence-electron chi connectivity index (χ3n) is 2.16. The van der Waals surface area contributed by atoms with Crippen LogP contribution in [0, 0.1) is 6.92 Å². The molecule has 0 aromatic heterocycles. The number of hydrogen-bond acceptors (Lipinski definition) is 3. The number of phenolic OH excluding ortho intramolecular Hbond substituents is 1. The first-order valence-corrected chi connectivity index (χ1v) is 5.02. The van der Waals surface area contributed by atoms with Crippen molar-refractivity contribution in [1.29, 1.82) is 0 Å². The summed E-state index contributed by atoms with van der Waals surface area (Å²) < 4.78 is 0. The van der Waals surface area contributed by atoms with E-state index in [0.29, 0.717) is 5.69 Å². The van der Waals surface area contributed by atoms with Crippen LogP contribution in [0.25, 0.3) is 0 Å². The van der Waals surface area contributed by atoms with Gasteiger partial charge in [-0.15, -0.1) is 5.11 Å². The summed E-state index contributed by atoms with van der Waals surface area (Å²) >= 11 is 0. The first-order valence-electron chi connectivity index (χ1n) is 5.02. The number of aryl methyl sites for hydroxylation is 1. The first kappa shape index (κ1) is 13.4. The van der Waals surface area contributed by atoms with Crippen molar-refractivity contribution in [2.45, 2.75) is 6.92 Å². The van der Waals surface area contributed by atoms with Gasteiger partial charge in [-0.25, -0.2) is 0 Å². The summed E-state index contributed by atoms with van der Waals surface area (Å²) in [6.07, 6.45) is 0. The standard InChI is InChI=1S/C13H12N2O.Cu/c1-10-7-8-12(13(16)9-10)15-14-11-5-3-2-4-6-11;/h2-9,16H,1H3;. The number of nitrogens with zero attached hydrogens (tertiary/aromatic N) is 2. The predicted molar refractivity (Wildman–Crippen MR) is 63.5 cm³/mol. The van der Waals surface area contributed by atoms with Crippen LogP contribution in [-0.2, 0) is 17.1 Å². The van der Waals surface area contributed by atoms with Crippen LogP contribution in [-0.4, -0.2) is 5.11 Å². The van der Waals surface area contributed by atoms with Crippen LogP contribution in [0.4, 0.5) is 11.4 Å². The molecule has 0 saturated heterocycles. The van der Waals surface area contributed by atoms with E-state index in [9.17, 15) is 5.11 Å². The zero-order valence-electron chi connectivity index (χ0n) is 9.26. The SMILES string of the molecule is Cc1ccc(N=Nc2ccccc2)c(O)c1.[Cu]. The van der Waals surface area contributed by atoms with Crippen LogP contribution >= 0.6 is 0 Å². The van der Waals surface area contributed by atoms with Crippen molar-refractivity contribution < 1.29 is 22.2 Å². The van der Waals surface area contributed by atoms with E-state index in [1.807, 2.05) is 43.3 Å². The minimum atomic E-state index is 0. The Labute approximate surface area is 111 Å². The van der Waals surface area contributed by atoms with E-state index in [1.54, 1.807) is 12.1 Å². The molecule has 1 radical (unpaired) electrons. The summed E-state index contributed by atoms with van der Waals surface area (Å²) in [5.41, 5.74) is 2.24. The van der Waals surface area contributed by atoms with Gasteiger partial charge in [0.1, 0.15) is 11.4 Å². The van der Waals surface area contributed by atoms with Crippen LogP contribution in [0.1, 0.15) is 5.56 Å². The minimum absolute atomic E-state index is 0. The predicted octanol–water partition coefficient (Wildman–Crippen LogP) is 4.11. The van der Waals surface area contributed by atoms with Gasteiger partial charge in [0.25, 0.3) is 0 Å². The molecular formula is C13H12CuN2O. The summed E-state index contributed by atoms with van der Waals surface area (Å²) in [5, 5.41) is 17.6. The number of aromatic hydroxyl groups is 1. The molecule has 0 aliphatic rings. The summed E-state index contributed by atoms with van der Waals surface area (Å²) in [5.74, 6) is 0.152. The van der Waals surface area contributed by atoms with Gasteiger partial charge < -0.3 is 5.11 Å². The van der Waals surface area contributed by atoms with Crippen molar-refractivity contribution in [3.8, 4) is 5.75 Å². The third kappa shape index (κ3) is 3.70. The maximum Gasteiger partial charge on any atom is 0.143 e. The molecule has 2 aromatic rings. The van der Waals surface area contributed by atoms with Crippen LogP contribution in [0.15, 0.2) is 58.8 Å². The first-order chi connectivity index (χ1) is 7.75. The summed E-state index contributed by atoms with van der Waals surface area (Å²) in [6.45, 7) is 1.91. The molecule has 1 N–H and O–H groups in total. The molecular weight excluding hydrogens is 264 g/mol. The van der Waals surface area contributed by atoms with E-state index in [2.05, 4.69) is 10.2 Å². The molecule has 0 heterocycles. The van der Waals surface area contributed by atoms with Crippen molar-refractivity contribution in [3.63, 3.8) is 0 Å². The Bertz CT molecular complexity index is 512. The smallest absolute Gasteiger partial charge is 0.143 e. The maximum absolute atomic E-state index is 9.62. The second-order valence-electron chi connectivity index (χ2n) is 3.53. The third-order valence-corrected chi connectivity index (χ3v) is 2.16. The molecule has 0 unspecified atom stereocenters. The van der Waals surface area contributed by atoms with Crippen LogP contribution in [0.5, 0.6) is 5.75 Å². The molecule has 4 heteroatoms. The van der Waals surface area contributed by atoms with E-state index < -0.39 is 0 Å². The average molecular weight is 276 g/mol. The van der Waals surface area contributed by atoms with Crippen LogP contribution in [0.3, 0.4) is 0 Å². The molecule has 91 valence electrons. The number of phenols is 1. The van der Waals surface area contributed by atoms with Gasteiger partial charge in [-0.05, 0) is 36.8 Å². The van der Waals surface area contributed by atoms with E-state index in [0.717, 1.165) is 11.3 Å². The fourth-order valence-electron chi connectivity index (χ4n) is 1.32. The van der Waals surface area contributed by atoms with Gasteiger partial charge in [-0.2, -0.15) is 5.11 Å². The second kappa shape index (κ2) is 6.18. The minimum Gasteiger partial charge on any atom is -0.506 e. The van der Waals surface area contributed by atoms with Crippen molar-refractivity contribution in [2.75, 3.05) is 0 Å². The molecule has 3 nitrogen and oxygen atoms in total. The maximum atomic E-state index is 9.62. The van der Waals surface area contributed by atoms with E-state index in [1.165, 1.54) is 0 Å². The largest absolute Gasteiger partial charge is 0.506 e. The zero-order valence-corrected chi connectivity index (χ0v) is 10.2. The van der Waals surface area contributed by atoms with Crippen LogP contribution < -0.4 is 0 Å². The molecule has 2 aromatic carbocycles. The summed E-state index contributed by atoms with van der Waals surface area (Å²) in [4.78, 5) is 0. The van der Waals surface area contributed by atoms with Crippen molar-refractivity contribution in [1.82, 2.24) is 0 Å². The molecule has 2 rings (SSSR count). The van der Waals surface area contributed by atoms with Gasteiger partial charge in [0.05, 0.1) is 5.69 Å².